The number of carbonyl (C=O) groups is 1. The van der Waals surface area contributed by atoms with Crippen LogP contribution in [0.25, 0.3) is 5.52 Å². The summed E-state index contributed by atoms with van der Waals surface area (Å²) in [5.41, 5.74) is 0.448. The number of rotatable bonds is 5. The molecular formula is C20H16F3N2O4S2+. The van der Waals surface area contributed by atoms with E-state index in [0.717, 1.165) is 30.2 Å². The molecule has 0 aliphatic rings. The van der Waals surface area contributed by atoms with Crippen LogP contribution < -0.4 is 0 Å². The lowest BCUT2D eigenvalue weighted by atomic mass is 10.2. The Morgan fingerprint density at radius 1 is 1.32 bits per heavy atom. The zero-order valence-corrected chi connectivity index (χ0v) is 17.9. The van der Waals surface area contributed by atoms with Gasteiger partial charge in [0.1, 0.15) is 4.90 Å². The van der Waals surface area contributed by atoms with Gasteiger partial charge >= 0.3 is 12.1 Å². The number of alkyl halides is 3. The van der Waals surface area contributed by atoms with Crippen LogP contribution >= 0.6 is 11.8 Å². The van der Waals surface area contributed by atoms with E-state index >= 15 is 0 Å². The fourth-order valence-corrected chi connectivity index (χ4v) is 4.97. The van der Waals surface area contributed by atoms with E-state index in [-0.39, 0.29) is 21.8 Å². The number of carboxylic acid groups (broad SMARTS) is 1. The maximum absolute atomic E-state index is 13.7. The second-order valence-corrected chi connectivity index (χ2v) is 9.94. The summed E-state index contributed by atoms with van der Waals surface area (Å²) in [6, 6.07) is 7.86. The summed E-state index contributed by atoms with van der Waals surface area (Å²) >= 11 is 0.766. The molecule has 0 saturated carbocycles. The van der Waals surface area contributed by atoms with Gasteiger partial charge in [0.25, 0.3) is 9.84 Å². The lowest BCUT2D eigenvalue weighted by Crippen LogP contribution is -2.09. The maximum atomic E-state index is 13.7. The molecule has 0 spiro atoms. The Balaban J connectivity index is 2.25. The summed E-state index contributed by atoms with van der Waals surface area (Å²) < 4.78 is 64.2. The van der Waals surface area contributed by atoms with E-state index in [1.165, 1.54) is 18.3 Å². The second-order valence-electron chi connectivity index (χ2n) is 6.81. The van der Waals surface area contributed by atoms with Gasteiger partial charge in [-0.2, -0.15) is 22.6 Å². The summed E-state index contributed by atoms with van der Waals surface area (Å²) in [4.78, 5) is 11.1. The first-order valence-electron chi connectivity index (χ1n) is 8.69. The molecule has 11 heteroatoms. The molecule has 0 aliphatic carbocycles. The number of benzene rings is 1. The summed E-state index contributed by atoms with van der Waals surface area (Å²) in [5, 5.41) is 18.4. The van der Waals surface area contributed by atoms with Gasteiger partial charge in [0.2, 0.25) is 0 Å². The minimum atomic E-state index is -4.78. The summed E-state index contributed by atoms with van der Waals surface area (Å²) in [6.07, 6.45) is -2.70. The predicted octanol–water partition coefficient (Wildman–Crippen LogP) is 4.48. The van der Waals surface area contributed by atoms with Gasteiger partial charge in [-0.05, 0) is 42.8 Å². The van der Waals surface area contributed by atoms with Crippen molar-refractivity contribution in [2.75, 3.05) is 6.26 Å². The SMILES string of the molecule is Cc1c(Sc2ccc(S(C)(=O)=[OH+])cc2C(F)(F)F)c2cc(C#N)ccn2c1CC(=O)O. The highest BCUT2D eigenvalue weighted by Crippen LogP contribution is 2.44. The van der Waals surface area contributed by atoms with E-state index in [4.69, 9.17) is 0 Å². The van der Waals surface area contributed by atoms with Crippen LogP contribution in [0.4, 0.5) is 13.2 Å². The van der Waals surface area contributed by atoms with E-state index in [1.54, 1.807) is 11.3 Å². The predicted molar refractivity (Wildman–Crippen MR) is 108 cm³/mol. The number of halogens is 3. The van der Waals surface area contributed by atoms with Crippen molar-refractivity contribution in [3.8, 4) is 6.07 Å². The largest absolute Gasteiger partial charge is 0.481 e. The molecule has 0 saturated heterocycles. The molecule has 0 aliphatic heterocycles. The smallest absolute Gasteiger partial charge is 0.417 e. The molecule has 0 amide bonds. The number of aliphatic carboxylic acids is 1. The first-order valence-corrected chi connectivity index (χ1v) is 11.4. The first kappa shape index (κ1) is 22.7. The van der Waals surface area contributed by atoms with E-state index in [0.29, 0.717) is 27.7 Å². The van der Waals surface area contributed by atoms with Crippen molar-refractivity contribution in [2.45, 2.75) is 34.2 Å². The van der Waals surface area contributed by atoms with Crippen LogP contribution in [0.5, 0.6) is 0 Å². The average molecular weight is 469 g/mol. The maximum Gasteiger partial charge on any atom is 0.417 e. The molecule has 6 nitrogen and oxygen atoms in total. The molecular weight excluding hydrogens is 453 g/mol. The van der Waals surface area contributed by atoms with Crippen molar-refractivity contribution in [2.24, 2.45) is 0 Å². The zero-order chi connectivity index (χ0) is 23.1. The highest BCUT2D eigenvalue weighted by atomic mass is 32.2. The Morgan fingerprint density at radius 3 is 2.55 bits per heavy atom. The van der Waals surface area contributed by atoms with Crippen LogP contribution in [0.2, 0.25) is 0 Å². The number of nitrogens with zero attached hydrogens (tertiary/aromatic N) is 2. The van der Waals surface area contributed by atoms with Crippen molar-refractivity contribution in [1.82, 2.24) is 4.40 Å². The standard InChI is InChI=1S/C20H15F3N2O4S2/c1-11-15(9-18(26)27)25-6-5-12(10-24)7-16(25)19(11)30-17-4-3-13(31(2,28)29)8-14(17)20(21,22)23/h3-8H,9H2,1-2H3,(H,26,27)/p+1. The highest BCUT2D eigenvalue weighted by molar-refractivity contribution is 7.99. The lowest BCUT2D eigenvalue weighted by Gasteiger charge is -2.13. The number of fused-ring (bicyclic) bond motifs is 1. The van der Waals surface area contributed by atoms with Crippen LogP contribution in [0, 0.1) is 18.3 Å². The molecule has 1 aromatic carbocycles. The minimum Gasteiger partial charge on any atom is -0.481 e. The van der Waals surface area contributed by atoms with Crippen LogP contribution in [0.3, 0.4) is 0 Å². The molecule has 3 aromatic rings. The Bertz CT molecular complexity index is 1350. The van der Waals surface area contributed by atoms with Gasteiger partial charge < -0.3 is 9.51 Å². The molecule has 0 fully saturated rings. The molecule has 31 heavy (non-hydrogen) atoms. The number of hydrogen-bond donors (Lipinski definition) is 1. The highest BCUT2D eigenvalue weighted by Gasteiger charge is 2.36. The van der Waals surface area contributed by atoms with Gasteiger partial charge in [0.05, 0.1) is 35.4 Å². The van der Waals surface area contributed by atoms with E-state index in [2.05, 4.69) is 0 Å². The Labute approximate surface area is 179 Å². The molecule has 2 aromatic heterocycles. The van der Waals surface area contributed by atoms with E-state index in [1.807, 2.05) is 6.07 Å². The summed E-state index contributed by atoms with van der Waals surface area (Å²) in [5.74, 6) is -1.11. The lowest BCUT2D eigenvalue weighted by molar-refractivity contribution is -0.140. The van der Waals surface area contributed by atoms with Crippen LogP contribution in [-0.4, -0.2) is 30.2 Å². The van der Waals surface area contributed by atoms with Crippen molar-refractivity contribution in [3.63, 3.8) is 0 Å². The Hall–Kier alpha value is -2.97. The van der Waals surface area contributed by atoms with Crippen LogP contribution in [0.15, 0.2) is 51.2 Å². The number of aromatic nitrogens is 1. The molecule has 3 rings (SSSR count). The molecule has 1 unspecified atom stereocenters. The Kier molecular flexibility index (Phi) is 5.82. The molecule has 2 heterocycles. The number of hydrogen-bond acceptors (Lipinski definition) is 4. The van der Waals surface area contributed by atoms with Gasteiger partial charge in [0, 0.05) is 21.7 Å². The molecule has 2 N–H and O–H groups in total. The summed E-state index contributed by atoms with van der Waals surface area (Å²) in [7, 11) is -3.60. The van der Waals surface area contributed by atoms with E-state index in [9.17, 15) is 36.8 Å². The van der Waals surface area contributed by atoms with Crippen LogP contribution in [-0.2, 0) is 27.2 Å². The van der Waals surface area contributed by atoms with Crippen molar-refractivity contribution in [3.05, 3.63) is 58.9 Å². The molecule has 1 atom stereocenters. The van der Waals surface area contributed by atoms with Gasteiger partial charge in [-0.25, -0.2) is 4.21 Å². The quantitative estimate of drug-likeness (QED) is 0.555. The Morgan fingerprint density at radius 2 is 2.00 bits per heavy atom. The summed E-state index contributed by atoms with van der Waals surface area (Å²) in [6.45, 7) is 1.61. The number of carboxylic acids is 1. The third-order valence-corrected chi connectivity index (χ3v) is 7.03. The van der Waals surface area contributed by atoms with Crippen LogP contribution in [0.1, 0.15) is 22.4 Å². The van der Waals surface area contributed by atoms with Gasteiger partial charge in [-0.1, -0.05) is 11.8 Å². The van der Waals surface area contributed by atoms with Gasteiger partial charge in [-0.15, -0.1) is 0 Å². The second kappa shape index (κ2) is 7.94. The fraction of sp³-hybridized carbons (Fsp3) is 0.200. The fourth-order valence-electron chi connectivity index (χ4n) is 3.14. The molecule has 162 valence electrons. The topological polar surface area (TPSA) is 104 Å². The first-order chi connectivity index (χ1) is 14.3. The number of nitriles is 1. The zero-order valence-electron chi connectivity index (χ0n) is 16.2. The molecule has 0 bridgehead atoms. The van der Waals surface area contributed by atoms with Gasteiger partial charge in [0.15, 0.2) is 0 Å². The normalized spacial score (nSPS) is 13.7. The number of pyridine rings is 1. The van der Waals surface area contributed by atoms with Crippen molar-refractivity contribution >= 4 is 33.1 Å². The third kappa shape index (κ3) is 4.55. The van der Waals surface area contributed by atoms with Gasteiger partial charge in [-0.3, -0.25) is 4.79 Å². The monoisotopic (exact) mass is 469 g/mol. The minimum absolute atomic E-state index is 0.209. The van der Waals surface area contributed by atoms with Crippen molar-refractivity contribution in [1.29, 1.82) is 5.26 Å². The average Bonchev–Trinajstić information content (AvgIpc) is 2.91. The van der Waals surface area contributed by atoms with Crippen molar-refractivity contribution < 1.29 is 31.5 Å². The third-order valence-electron chi connectivity index (χ3n) is 4.61. The van der Waals surface area contributed by atoms with E-state index < -0.39 is 27.5 Å². The molecule has 0 radical (unpaired) electrons.